The lowest BCUT2D eigenvalue weighted by Crippen LogP contribution is -2.47. The Labute approximate surface area is 140 Å². The van der Waals surface area contributed by atoms with E-state index in [1.807, 2.05) is 0 Å². The third kappa shape index (κ3) is 7.45. The van der Waals surface area contributed by atoms with E-state index in [0.717, 1.165) is 0 Å². The highest BCUT2D eigenvalue weighted by molar-refractivity contribution is 5.03. The highest BCUT2D eigenvalue weighted by atomic mass is 15.2. The molecule has 0 radical (unpaired) electrons. The van der Waals surface area contributed by atoms with Crippen LogP contribution in [0.5, 0.6) is 0 Å². The molecule has 0 aromatic heterocycles. The van der Waals surface area contributed by atoms with Gasteiger partial charge in [-0.25, -0.2) is 0 Å². The minimum absolute atomic E-state index is 0.430. The van der Waals surface area contributed by atoms with E-state index in [-0.39, 0.29) is 0 Å². The van der Waals surface area contributed by atoms with E-state index in [0.29, 0.717) is 18.1 Å². The Bertz CT molecular complexity index is 247. The maximum absolute atomic E-state index is 4.12. The minimum atomic E-state index is 0.430. The van der Waals surface area contributed by atoms with Crippen molar-refractivity contribution in [2.75, 3.05) is 0 Å². The van der Waals surface area contributed by atoms with Crippen LogP contribution in [-0.4, -0.2) is 23.0 Å². The molecule has 128 valence electrons. The molecule has 0 amide bonds. The van der Waals surface area contributed by atoms with Crippen LogP contribution in [0, 0.1) is 0 Å². The third-order valence-electron chi connectivity index (χ3n) is 4.53. The molecule has 0 bridgehead atoms. The Kier molecular flexibility index (Phi) is 13.3. The standard InChI is InChI=1S/C21H39N/c1-7-13-16-19(10-4)22(20(11-5)17-14-8-2)21(12-6)18-15-9-3/h10-12,19-21H,4-9,13-18H2,1-3H3. The van der Waals surface area contributed by atoms with E-state index >= 15 is 0 Å². The first-order valence-corrected chi connectivity index (χ1v) is 9.35. The molecule has 1 heteroatoms. The summed E-state index contributed by atoms with van der Waals surface area (Å²) in [6.45, 7) is 19.1. The monoisotopic (exact) mass is 305 g/mol. The second kappa shape index (κ2) is 13.8. The first-order valence-electron chi connectivity index (χ1n) is 9.35. The average molecular weight is 306 g/mol. The van der Waals surface area contributed by atoms with Crippen LogP contribution < -0.4 is 0 Å². The van der Waals surface area contributed by atoms with Crippen molar-refractivity contribution in [3.63, 3.8) is 0 Å². The van der Waals surface area contributed by atoms with Crippen LogP contribution in [0.1, 0.15) is 78.6 Å². The topological polar surface area (TPSA) is 3.24 Å². The zero-order valence-electron chi connectivity index (χ0n) is 15.4. The predicted octanol–water partition coefficient (Wildman–Crippen LogP) is 6.52. The van der Waals surface area contributed by atoms with Crippen LogP contribution in [-0.2, 0) is 0 Å². The van der Waals surface area contributed by atoms with Gasteiger partial charge >= 0.3 is 0 Å². The summed E-state index contributed by atoms with van der Waals surface area (Å²) in [6.07, 6.45) is 17.4. The maximum Gasteiger partial charge on any atom is 0.0287 e. The van der Waals surface area contributed by atoms with Crippen molar-refractivity contribution in [3.05, 3.63) is 38.0 Å². The van der Waals surface area contributed by atoms with Crippen molar-refractivity contribution in [2.45, 2.75) is 96.7 Å². The molecule has 0 N–H and O–H groups in total. The largest absolute Gasteiger partial charge is 0.284 e. The zero-order valence-corrected chi connectivity index (χ0v) is 15.4. The molecule has 0 rings (SSSR count). The molecule has 0 saturated heterocycles. The van der Waals surface area contributed by atoms with Gasteiger partial charge in [-0.1, -0.05) is 77.5 Å². The minimum Gasteiger partial charge on any atom is -0.284 e. The summed E-state index contributed by atoms with van der Waals surface area (Å²) in [5.41, 5.74) is 0. The highest BCUT2D eigenvalue weighted by Crippen LogP contribution is 2.24. The van der Waals surface area contributed by atoms with Crippen LogP contribution in [0.4, 0.5) is 0 Å². The van der Waals surface area contributed by atoms with Crippen LogP contribution in [0.2, 0.25) is 0 Å². The van der Waals surface area contributed by atoms with Gasteiger partial charge in [-0.3, -0.25) is 4.90 Å². The van der Waals surface area contributed by atoms with E-state index in [4.69, 9.17) is 0 Å². The van der Waals surface area contributed by atoms with Gasteiger partial charge in [0.15, 0.2) is 0 Å². The summed E-state index contributed by atoms with van der Waals surface area (Å²) in [6, 6.07) is 1.29. The fourth-order valence-electron chi connectivity index (χ4n) is 3.14. The summed E-state index contributed by atoms with van der Waals surface area (Å²) < 4.78 is 0. The molecule has 0 heterocycles. The fourth-order valence-corrected chi connectivity index (χ4v) is 3.14. The van der Waals surface area contributed by atoms with E-state index in [1.165, 1.54) is 57.8 Å². The number of hydrogen-bond donors (Lipinski definition) is 0. The maximum atomic E-state index is 4.12. The lowest BCUT2D eigenvalue weighted by atomic mass is 9.97. The summed E-state index contributed by atoms with van der Waals surface area (Å²) >= 11 is 0. The van der Waals surface area contributed by atoms with E-state index in [9.17, 15) is 0 Å². The van der Waals surface area contributed by atoms with Gasteiger partial charge in [0.05, 0.1) is 0 Å². The first-order chi connectivity index (χ1) is 10.7. The molecule has 22 heavy (non-hydrogen) atoms. The van der Waals surface area contributed by atoms with Gasteiger partial charge in [0.25, 0.3) is 0 Å². The molecule has 0 spiro atoms. The number of rotatable bonds is 15. The molecular weight excluding hydrogens is 266 g/mol. The molecule has 3 unspecified atom stereocenters. The van der Waals surface area contributed by atoms with Crippen molar-refractivity contribution < 1.29 is 0 Å². The van der Waals surface area contributed by atoms with Crippen LogP contribution in [0.25, 0.3) is 0 Å². The van der Waals surface area contributed by atoms with E-state index < -0.39 is 0 Å². The molecule has 0 aliphatic rings. The SMILES string of the molecule is C=CC(CCCC)N(C(C=C)CCCC)C(C=C)CCCC. The quantitative estimate of drug-likeness (QED) is 0.311. The second-order valence-corrected chi connectivity index (χ2v) is 6.28. The normalized spacial score (nSPS) is 15.3. The average Bonchev–Trinajstić information content (AvgIpc) is 2.55. The van der Waals surface area contributed by atoms with Crippen LogP contribution in [0.3, 0.4) is 0 Å². The summed E-state index contributed by atoms with van der Waals surface area (Å²) in [7, 11) is 0. The third-order valence-corrected chi connectivity index (χ3v) is 4.53. The molecule has 0 aromatic carbocycles. The zero-order chi connectivity index (χ0) is 16.8. The van der Waals surface area contributed by atoms with Crippen LogP contribution >= 0.6 is 0 Å². The molecule has 0 aliphatic carbocycles. The molecule has 0 fully saturated rings. The lowest BCUT2D eigenvalue weighted by molar-refractivity contribution is 0.128. The van der Waals surface area contributed by atoms with Crippen molar-refractivity contribution in [2.24, 2.45) is 0 Å². The van der Waals surface area contributed by atoms with Gasteiger partial charge < -0.3 is 0 Å². The van der Waals surface area contributed by atoms with Gasteiger partial charge in [-0.05, 0) is 19.3 Å². The predicted molar refractivity (Wildman–Crippen MR) is 102 cm³/mol. The van der Waals surface area contributed by atoms with Gasteiger partial charge in [0.2, 0.25) is 0 Å². The summed E-state index contributed by atoms with van der Waals surface area (Å²) in [4.78, 5) is 2.63. The highest BCUT2D eigenvalue weighted by Gasteiger charge is 2.27. The Hall–Kier alpha value is -0.820. The first kappa shape index (κ1) is 21.2. The number of hydrogen-bond acceptors (Lipinski definition) is 1. The molecular formula is C21H39N. The van der Waals surface area contributed by atoms with Gasteiger partial charge in [0.1, 0.15) is 0 Å². The van der Waals surface area contributed by atoms with Crippen molar-refractivity contribution in [1.82, 2.24) is 4.90 Å². The lowest BCUT2D eigenvalue weighted by Gasteiger charge is -2.40. The van der Waals surface area contributed by atoms with Crippen molar-refractivity contribution in [1.29, 1.82) is 0 Å². The fraction of sp³-hybridized carbons (Fsp3) is 0.714. The Morgan fingerprint density at radius 3 is 1.09 bits per heavy atom. The Morgan fingerprint density at radius 2 is 0.909 bits per heavy atom. The van der Waals surface area contributed by atoms with Gasteiger partial charge in [-0.2, -0.15) is 0 Å². The smallest absolute Gasteiger partial charge is 0.0287 e. The Balaban J connectivity index is 5.24. The van der Waals surface area contributed by atoms with Crippen LogP contribution in [0.15, 0.2) is 38.0 Å². The molecule has 3 atom stereocenters. The summed E-state index contributed by atoms with van der Waals surface area (Å²) in [5, 5.41) is 0. The van der Waals surface area contributed by atoms with Crippen molar-refractivity contribution in [3.8, 4) is 0 Å². The second-order valence-electron chi connectivity index (χ2n) is 6.28. The van der Waals surface area contributed by atoms with Gasteiger partial charge in [0, 0.05) is 18.1 Å². The van der Waals surface area contributed by atoms with E-state index in [1.54, 1.807) is 0 Å². The van der Waals surface area contributed by atoms with E-state index in [2.05, 4.69) is 63.6 Å². The van der Waals surface area contributed by atoms with Crippen molar-refractivity contribution >= 4 is 0 Å². The summed E-state index contributed by atoms with van der Waals surface area (Å²) in [5.74, 6) is 0. The molecule has 0 aromatic rings. The molecule has 1 nitrogen and oxygen atoms in total. The molecule has 0 saturated carbocycles. The molecule has 0 aliphatic heterocycles. The number of unbranched alkanes of at least 4 members (excludes halogenated alkanes) is 3. The Morgan fingerprint density at radius 1 is 0.636 bits per heavy atom. The number of nitrogens with zero attached hydrogens (tertiary/aromatic N) is 1. The van der Waals surface area contributed by atoms with Gasteiger partial charge in [-0.15, -0.1) is 19.7 Å².